The highest BCUT2D eigenvalue weighted by Gasteiger charge is 2.33. The van der Waals surface area contributed by atoms with Crippen LogP contribution in [0, 0.1) is 12.7 Å². The largest absolute Gasteiger partial charge is 0.322 e. The van der Waals surface area contributed by atoms with Gasteiger partial charge < -0.3 is 4.98 Å². The van der Waals surface area contributed by atoms with Gasteiger partial charge in [-0.3, -0.25) is 9.69 Å². The Morgan fingerprint density at radius 1 is 0.974 bits per heavy atom. The topological polar surface area (TPSA) is 79.7 Å². The van der Waals surface area contributed by atoms with Crippen molar-refractivity contribution in [2.24, 2.45) is 0 Å². The van der Waals surface area contributed by atoms with Crippen LogP contribution in [-0.4, -0.2) is 30.1 Å². The lowest BCUT2D eigenvalue weighted by molar-refractivity contribution is 0.190. The van der Waals surface area contributed by atoms with Gasteiger partial charge in [-0.2, -0.15) is 0 Å². The van der Waals surface area contributed by atoms with Gasteiger partial charge in [-0.25, -0.2) is 9.07 Å². The molecule has 0 amide bonds. The Bertz CT molecular complexity index is 1620. The molecule has 1 saturated carbocycles. The van der Waals surface area contributed by atoms with E-state index in [0.29, 0.717) is 24.5 Å². The summed E-state index contributed by atoms with van der Waals surface area (Å²) in [5, 5.41) is 14.0. The second-order valence-electron chi connectivity index (χ2n) is 10.5. The Morgan fingerprint density at radius 2 is 1.69 bits per heavy atom. The maximum atomic E-state index is 13.8. The van der Waals surface area contributed by atoms with Crippen molar-refractivity contribution in [3.05, 3.63) is 123 Å². The fourth-order valence-electron chi connectivity index (χ4n) is 5.70. The van der Waals surface area contributed by atoms with Crippen LogP contribution in [-0.2, 0) is 13.1 Å². The van der Waals surface area contributed by atoms with E-state index in [1.807, 2.05) is 54.1 Å². The molecule has 39 heavy (non-hydrogen) atoms. The zero-order valence-electron chi connectivity index (χ0n) is 21.9. The molecule has 0 radical (unpaired) electrons. The van der Waals surface area contributed by atoms with E-state index in [2.05, 4.69) is 37.5 Å². The molecule has 0 spiro atoms. The monoisotopic (exact) mass is 522 g/mol. The number of pyridine rings is 1. The number of benzene rings is 3. The molecule has 8 heteroatoms. The van der Waals surface area contributed by atoms with Crippen LogP contribution < -0.4 is 5.56 Å². The third kappa shape index (κ3) is 5.38. The Hall–Kier alpha value is -4.17. The SMILES string of the molecule is Cc1ccc2cc([C@@H](c3nnnn3C3CCCC3)N(Cc3ccccc3)Cc3ccc(F)cc3)c(=O)[nH]c2c1. The van der Waals surface area contributed by atoms with Gasteiger partial charge in [0.05, 0.1) is 6.04 Å². The lowest BCUT2D eigenvalue weighted by Gasteiger charge is -2.32. The van der Waals surface area contributed by atoms with Crippen LogP contribution >= 0.6 is 0 Å². The lowest BCUT2D eigenvalue weighted by Crippen LogP contribution is -2.35. The van der Waals surface area contributed by atoms with E-state index in [1.165, 1.54) is 12.1 Å². The summed E-state index contributed by atoms with van der Waals surface area (Å²) in [6.45, 7) is 3.03. The van der Waals surface area contributed by atoms with Crippen molar-refractivity contribution in [1.82, 2.24) is 30.1 Å². The fourth-order valence-corrected chi connectivity index (χ4v) is 5.70. The van der Waals surface area contributed by atoms with Gasteiger partial charge in [-0.15, -0.1) is 5.10 Å². The summed E-state index contributed by atoms with van der Waals surface area (Å²) in [6, 6.07) is 24.4. The number of hydrogen-bond donors (Lipinski definition) is 1. The minimum absolute atomic E-state index is 0.170. The molecule has 2 aromatic heterocycles. The number of aromatic nitrogens is 5. The van der Waals surface area contributed by atoms with Crippen molar-refractivity contribution in [3.8, 4) is 0 Å². The summed E-state index contributed by atoms with van der Waals surface area (Å²) in [6.07, 6.45) is 4.28. The van der Waals surface area contributed by atoms with Crippen LogP contribution in [0.4, 0.5) is 4.39 Å². The molecule has 2 heterocycles. The molecular formula is C31H31FN6O. The first-order valence-electron chi connectivity index (χ1n) is 13.5. The first-order valence-corrected chi connectivity index (χ1v) is 13.5. The van der Waals surface area contributed by atoms with E-state index in [9.17, 15) is 9.18 Å². The number of H-pyrrole nitrogens is 1. The van der Waals surface area contributed by atoms with E-state index in [1.54, 1.807) is 12.1 Å². The van der Waals surface area contributed by atoms with Crippen molar-refractivity contribution in [1.29, 1.82) is 0 Å². The molecule has 0 bridgehead atoms. The summed E-state index contributed by atoms with van der Waals surface area (Å²) in [7, 11) is 0. The first-order chi connectivity index (χ1) is 19.0. The second-order valence-corrected chi connectivity index (χ2v) is 10.5. The number of hydrogen-bond acceptors (Lipinski definition) is 5. The van der Waals surface area contributed by atoms with Crippen molar-refractivity contribution >= 4 is 10.9 Å². The molecule has 1 aliphatic carbocycles. The molecular weight excluding hydrogens is 491 g/mol. The molecule has 5 aromatic rings. The number of tetrazole rings is 1. The van der Waals surface area contributed by atoms with E-state index < -0.39 is 6.04 Å². The van der Waals surface area contributed by atoms with E-state index in [-0.39, 0.29) is 17.4 Å². The molecule has 1 atom stereocenters. The maximum absolute atomic E-state index is 13.8. The van der Waals surface area contributed by atoms with Gasteiger partial charge in [-0.05, 0) is 76.5 Å². The Morgan fingerprint density at radius 3 is 2.44 bits per heavy atom. The number of rotatable bonds is 8. The predicted molar refractivity (Wildman–Crippen MR) is 149 cm³/mol. The summed E-state index contributed by atoms with van der Waals surface area (Å²) in [4.78, 5) is 19.1. The third-order valence-corrected chi connectivity index (χ3v) is 7.65. The van der Waals surface area contributed by atoms with Crippen LogP contribution in [0.1, 0.15) is 65.8 Å². The highest BCUT2D eigenvalue weighted by molar-refractivity contribution is 5.79. The van der Waals surface area contributed by atoms with E-state index in [4.69, 9.17) is 0 Å². The van der Waals surface area contributed by atoms with Gasteiger partial charge in [0.25, 0.3) is 5.56 Å². The van der Waals surface area contributed by atoms with Gasteiger partial charge in [0, 0.05) is 24.2 Å². The highest BCUT2D eigenvalue weighted by atomic mass is 19.1. The average molecular weight is 523 g/mol. The van der Waals surface area contributed by atoms with Crippen LogP contribution in [0.2, 0.25) is 0 Å². The zero-order valence-corrected chi connectivity index (χ0v) is 21.9. The van der Waals surface area contributed by atoms with E-state index in [0.717, 1.165) is 53.3 Å². The molecule has 198 valence electrons. The molecule has 7 nitrogen and oxygen atoms in total. The minimum Gasteiger partial charge on any atom is -0.322 e. The third-order valence-electron chi connectivity index (χ3n) is 7.65. The Balaban J connectivity index is 1.53. The molecule has 6 rings (SSSR count). The lowest BCUT2D eigenvalue weighted by atomic mass is 10.0. The zero-order chi connectivity index (χ0) is 26.8. The maximum Gasteiger partial charge on any atom is 0.253 e. The molecule has 1 aliphatic rings. The number of nitrogens with one attached hydrogen (secondary N) is 1. The van der Waals surface area contributed by atoms with Crippen LogP contribution in [0.25, 0.3) is 10.9 Å². The van der Waals surface area contributed by atoms with Gasteiger partial charge in [0.15, 0.2) is 5.82 Å². The quantitative estimate of drug-likeness (QED) is 0.276. The van der Waals surface area contributed by atoms with Crippen LogP contribution in [0.3, 0.4) is 0 Å². The van der Waals surface area contributed by atoms with Crippen LogP contribution in [0.5, 0.6) is 0 Å². The minimum atomic E-state index is -0.527. The summed E-state index contributed by atoms with van der Waals surface area (Å²) < 4.78 is 15.7. The summed E-state index contributed by atoms with van der Waals surface area (Å²) in [5.41, 5.74) is 4.32. The van der Waals surface area contributed by atoms with Crippen molar-refractivity contribution < 1.29 is 4.39 Å². The van der Waals surface area contributed by atoms with Gasteiger partial charge in [-0.1, -0.05) is 67.4 Å². The Kier molecular flexibility index (Phi) is 7.02. The normalized spacial score (nSPS) is 14.8. The summed E-state index contributed by atoms with van der Waals surface area (Å²) in [5.74, 6) is 0.369. The summed E-state index contributed by atoms with van der Waals surface area (Å²) >= 11 is 0. The van der Waals surface area contributed by atoms with Crippen molar-refractivity contribution in [2.45, 2.75) is 57.8 Å². The van der Waals surface area contributed by atoms with Gasteiger partial charge in [0.2, 0.25) is 0 Å². The molecule has 0 aliphatic heterocycles. The molecule has 3 aromatic carbocycles. The van der Waals surface area contributed by atoms with E-state index >= 15 is 0 Å². The van der Waals surface area contributed by atoms with Gasteiger partial charge in [0.1, 0.15) is 11.9 Å². The fraction of sp³-hybridized carbons (Fsp3) is 0.290. The van der Waals surface area contributed by atoms with Crippen molar-refractivity contribution in [2.75, 3.05) is 0 Å². The number of halogens is 1. The second kappa shape index (κ2) is 10.9. The number of aromatic amines is 1. The van der Waals surface area contributed by atoms with Crippen molar-refractivity contribution in [3.63, 3.8) is 0 Å². The molecule has 0 saturated heterocycles. The number of fused-ring (bicyclic) bond motifs is 1. The molecule has 1 N–H and O–H groups in total. The average Bonchev–Trinajstić information content (AvgIpc) is 3.64. The van der Waals surface area contributed by atoms with Crippen LogP contribution in [0.15, 0.2) is 83.7 Å². The Labute approximate surface area is 226 Å². The predicted octanol–water partition coefficient (Wildman–Crippen LogP) is 5.87. The van der Waals surface area contributed by atoms with Gasteiger partial charge >= 0.3 is 0 Å². The number of nitrogens with zero attached hydrogens (tertiary/aromatic N) is 5. The number of aryl methyl sites for hydroxylation is 1. The molecule has 1 fully saturated rings. The highest BCUT2D eigenvalue weighted by Crippen LogP contribution is 2.35. The first kappa shape index (κ1) is 25.1. The smallest absolute Gasteiger partial charge is 0.253 e. The standard InChI is InChI=1S/C31H31FN6O/c1-21-11-14-24-18-27(31(39)33-28(24)17-21)29(30-34-35-36-38(30)26-9-5-6-10-26)37(19-22-7-3-2-4-8-22)20-23-12-15-25(32)16-13-23/h2-4,7-8,11-18,26,29H,5-6,9-10,19-20H2,1H3,(H,33,39)/t29-/m0/s1. The molecule has 0 unspecified atom stereocenters.